The lowest BCUT2D eigenvalue weighted by atomic mass is 10.1. The molecule has 1 amide bonds. The van der Waals surface area contributed by atoms with Crippen molar-refractivity contribution in [3.8, 4) is 17.1 Å². The topological polar surface area (TPSA) is 101 Å². The molecule has 0 radical (unpaired) electrons. The van der Waals surface area contributed by atoms with Crippen LogP contribution < -0.4 is 11.3 Å². The molecule has 0 fully saturated rings. The van der Waals surface area contributed by atoms with Gasteiger partial charge in [-0.1, -0.05) is 18.2 Å². The molecule has 0 spiro atoms. The lowest BCUT2D eigenvalue weighted by molar-refractivity contribution is -0.118. The Morgan fingerprint density at radius 2 is 2.07 bits per heavy atom. The molecule has 1 aromatic carbocycles. The van der Waals surface area contributed by atoms with Crippen molar-refractivity contribution in [1.29, 1.82) is 0 Å². The summed E-state index contributed by atoms with van der Waals surface area (Å²) in [5.41, 5.74) is 7.25. The van der Waals surface area contributed by atoms with E-state index in [-0.39, 0.29) is 11.5 Å². The summed E-state index contributed by atoms with van der Waals surface area (Å²) < 4.78 is 5.22. The van der Waals surface area contributed by atoms with Gasteiger partial charge < -0.3 is 10.3 Å². The number of carbonyl (C=O) groups excluding carboxylic acids is 1. The lowest BCUT2D eigenvalue weighted by Crippen LogP contribution is -2.20. The molecule has 2 N–H and O–H groups in total. The van der Waals surface area contributed by atoms with Gasteiger partial charge in [0, 0.05) is 38.6 Å². The van der Waals surface area contributed by atoms with Crippen LogP contribution in [-0.4, -0.2) is 29.8 Å². The fraction of sp³-hybridized carbons (Fsp3) is 0.200. The Kier molecular flexibility index (Phi) is 4.52. The van der Waals surface area contributed by atoms with Crippen LogP contribution in [0.2, 0.25) is 0 Å². The lowest BCUT2D eigenvalue weighted by Gasteiger charge is -2.10. The standard InChI is InChI=1S/C20H20N6O2/c1-24-17-6-3-2-5-14(17)11-16(20(24)28)19-22-8-10-26(19)15-12-23-25(13-15)9-4-7-18(21)27/h2-3,5-6,8,10-13H,4,7,9H2,1H3,(H2,21,27). The van der Waals surface area contributed by atoms with Gasteiger partial charge in [-0.3, -0.25) is 18.8 Å². The first-order valence-electron chi connectivity index (χ1n) is 8.98. The quantitative estimate of drug-likeness (QED) is 0.555. The highest BCUT2D eigenvalue weighted by molar-refractivity contribution is 5.83. The number of fused-ring (bicyclic) bond motifs is 1. The molecule has 8 nitrogen and oxygen atoms in total. The van der Waals surface area contributed by atoms with E-state index in [4.69, 9.17) is 5.73 Å². The Hall–Kier alpha value is -3.68. The predicted molar refractivity (Wildman–Crippen MR) is 106 cm³/mol. The van der Waals surface area contributed by atoms with E-state index in [1.54, 1.807) is 34.9 Å². The van der Waals surface area contributed by atoms with Gasteiger partial charge in [-0.15, -0.1) is 0 Å². The number of carbonyl (C=O) groups is 1. The van der Waals surface area contributed by atoms with E-state index in [0.29, 0.717) is 30.8 Å². The van der Waals surface area contributed by atoms with Crippen molar-refractivity contribution in [2.45, 2.75) is 19.4 Å². The molecule has 3 aromatic heterocycles. The monoisotopic (exact) mass is 376 g/mol. The Labute approximate surface area is 160 Å². The van der Waals surface area contributed by atoms with Gasteiger partial charge in [0.05, 0.1) is 23.0 Å². The van der Waals surface area contributed by atoms with E-state index in [2.05, 4.69) is 10.1 Å². The highest BCUT2D eigenvalue weighted by Crippen LogP contribution is 2.22. The number of benzene rings is 1. The molecule has 28 heavy (non-hydrogen) atoms. The number of hydrogen-bond donors (Lipinski definition) is 1. The van der Waals surface area contributed by atoms with Crippen molar-refractivity contribution in [3.63, 3.8) is 0 Å². The zero-order chi connectivity index (χ0) is 19.7. The van der Waals surface area contributed by atoms with Gasteiger partial charge in [0.2, 0.25) is 5.91 Å². The average molecular weight is 376 g/mol. The molecule has 4 rings (SSSR count). The van der Waals surface area contributed by atoms with Crippen molar-refractivity contribution in [2.75, 3.05) is 0 Å². The molecule has 0 atom stereocenters. The van der Waals surface area contributed by atoms with Crippen molar-refractivity contribution in [1.82, 2.24) is 23.9 Å². The molecule has 0 aliphatic rings. The van der Waals surface area contributed by atoms with Crippen LogP contribution in [0.1, 0.15) is 12.8 Å². The maximum absolute atomic E-state index is 12.9. The second-order valence-electron chi connectivity index (χ2n) is 6.63. The van der Waals surface area contributed by atoms with E-state index in [9.17, 15) is 9.59 Å². The highest BCUT2D eigenvalue weighted by atomic mass is 16.1. The van der Waals surface area contributed by atoms with E-state index < -0.39 is 0 Å². The van der Waals surface area contributed by atoms with Crippen LogP contribution in [-0.2, 0) is 18.4 Å². The smallest absolute Gasteiger partial charge is 0.261 e. The Morgan fingerprint density at radius 1 is 1.25 bits per heavy atom. The van der Waals surface area contributed by atoms with Crippen molar-refractivity contribution < 1.29 is 4.79 Å². The minimum absolute atomic E-state index is 0.111. The zero-order valence-electron chi connectivity index (χ0n) is 15.4. The van der Waals surface area contributed by atoms with Crippen LogP contribution in [0.5, 0.6) is 0 Å². The molecule has 0 bridgehead atoms. The van der Waals surface area contributed by atoms with Gasteiger partial charge >= 0.3 is 0 Å². The van der Waals surface area contributed by atoms with Gasteiger partial charge in [0.15, 0.2) is 0 Å². The fourth-order valence-corrected chi connectivity index (χ4v) is 3.31. The van der Waals surface area contributed by atoms with Crippen LogP contribution in [0.15, 0.2) is 59.9 Å². The molecule has 0 unspecified atom stereocenters. The van der Waals surface area contributed by atoms with E-state index in [1.807, 2.05) is 41.1 Å². The van der Waals surface area contributed by atoms with Crippen LogP contribution in [0, 0.1) is 0 Å². The van der Waals surface area contributed by atoms with E-state index in [1.165, 1.54) is 0 Å². The molecule has 0 saturated carbocycles. The van der Waals surface area contributed by atoms with Crippen LogP contribution in [0.4, 0.5) is 0 Å². The number of aryl methyl sites for hydroxylation is 2. The second kappa shape index (κ2) is 7.15. The third-order valence-corrected chi connectivity index (χ3v) is 4.72. The second-order valence-corrected chi connectivity index (χ2v) is 6.63. The summed E-state index contributed by atoms with van der Waals surface area (Å²) in [6.45, 7) is 0.588. The van der Waals surface area contributed by atoms with Gasteiger partial charge in [0.25, 0.3) is 5.56 Å². The van der Waals surface area contributed by atoms with Gasteiger partial charge in [-0.05, 0) is 23.9 Å². The number of nitrogens with two attached hydrogens (primary N) is 1. The summed E-state index contributed by atoms with van der Waals surface area (Å²) in [7, 11) is 1.76. The maximum Gasteiger partial charge on any atom is 0.261 e. The number of rotatable bonds is 6. The number of imidazole rings is 1. The van der Waals surface area contributed by atoms with Crippen LogP contribution in [0.25, 0.3) is 28.0 Å². The zero-order valence-corrected chi connectivity index (χ0v) is 15.4. The van der Waals surface area contributed by atoms with E-state index >= 15 is 0 Å². The van der Waals surface area contributed by atoms with Gasteiger partial charge in [0.1, 0.15) is 5.82 Å². The SMILES string of the molecule is Cn1c(=O)c(-c2nccn2-c2cnn(CCCC(N)=O)c2)cc2ccccc21. The summed E-state index contributed by atoms with van der Waals surface area (Å²) in [5, 5.41) is 5.30. The first kappa shape index (κ1) is 17.7. The number of pyridine rings is 1. The Balaban J connectivity index is 1.72. The summed E-state index contributed by atoms with van der Waals surface area (Å²) in [6.07, 6.45) is 7.97. The number of nitrogens with zero attached hydrogens (tertiary/aromatic N) is 5. The fourth-order valence-electron chi connectivity index (χ4n) is 3.31. The van der Waals surface area contributed by atoms with Gasteiger partial charge in [-0.2, -0.15) is 5.10 Å². The molecule has 0 aliphatic heterocycles. The molecule has 0 aliphatic carbocycles. The number of amides is 1. The summed E-state index contributed by atoms with van der Waals surface area (Å²) >= 11 is 0. The number of para-hydroxylation sites is 1. The largest absolute Gasteiger partial charge is 0.370 e. The van der Waals surface area contributed by atoms with E-state index in [0.717, 1.165) is 16.6 Å². The highest BCUT2D eigenvalue weighted by Gasteiger charge is 2.15. The van der Waals surface area contributed by atoms with Crippen LogP contribution in [0.3, 0.4) is 0 Å². The predicted octanol–water partition coefficient (Wildman–Crippen LogP) is 1.85. The number of primary amides is 1. The summed E-state index contributed by atoms with van der Waals surface area (Å²) in [4.78, 5) is 28.2. The van der Waals surface area contributed by atoms with Crippen molar-refractivity contribution in [3.05, 3.63) is 65.5 Å². The first-order chi connectivity index (χ1) is 13.5. The summed E-state index contributed by atoms with van der Waals surface area (Å²) in [5.74, 6) is 0.236. The number of aromatic nitrogens is 5. The molecule has 3 heterocycles. The van der Waals surface area contributed by atoms with Crippen LogP contribution >= 0.6 is 0 Å². The molecule has 8 heteroatoms. The third kappa shape index (κ3) is 3.20. The Morgan fingerprint density at radius 3 is 2.89 bits per heavy atom. The minimum atomic E-state index is -0.323. The molecular weight excluding hydrogens is 356 g/mol. The minimum Gasteiger partial charge on any atom is -0.370 e. The molecule has 142 valence electrons. The first-order valence-corrected chi connectivity index (χ1v) is 8.98. The molecule has 4 aromatic rings. The third-order valence-electron chi connectivity index (χ3n) is 4.72. The number of hydrogen-bond acceptors (Lipinski definition) is 4. The van der Waals surface area contributed by atoms with Crippen molar-refractivity contribution >= 4 is 16.8 Å². The normalized spacial score (nSPS) is 11.2. The molecule has 0 saturated heterocycles. The Bertz CT molecular complexity index is 1220. The summed E-state index contributed by atoms with van der Waals surface area (Å²) in [6, 6.07) is 9.62. The molecular formula is C20H20N6O2. The maximum atomic E-state index is 12.9. The van der Waals surface area contributed by atoms with Crippen molar-refractivity contribution in [2.24, 2.45) is 12.8 Å². The van der Waals surface area contributed by atoms with Gasteiger partial charge in [-0.25, -0.2) is 4.98 Å². The average Bonchev–Trinajstić information content (AvgIpc) is 3.33.